The molecule has 8 heteroatoms. The van der Waals surface area contributed by atoms with Crippen molar-refractivity contribution in [2.75, 3.05) is 5.32 Å². The van der Waals surface area contributed by atoms with Crippen molar-refractivity contribution in [2.45, 2.75) is 26.9 Å². The third kappa shape index (κ3) is 4.01. The molecule has 8 nitrogen and oxygen atoms in total. The Hall–Kier alpha value is -3.68. The Morgan fingerprint density at radius 1 is 1.18 bits per heavy atom. The second kappa shape index (κ2) is 7.51. The Morgan fingerprint density at radius 2 is 1.93 bits per heavy atom. The third-order valence-corrected chi connectivity index (χ3v) is 4.29. The number of anilines is 1. The maximum atomic E-state index is 12.4. The summed E-state index contributed by atoms with van der Waals surface area (Å²) in [4.78, 5) is 37.9. The van der Waals surface area contributed by atoms with Crippen LogP contribution in [0.25, 0.3) is 10.9 Å². The van der Waals surface area contributed by atoms with Crippen molar-refractivity contribution >= 4 is 34.2 Å². The number of benzene rings is 2. The minimum Gasteiger partial charge on any atom is -0.448 e. The number of nitrogens with zero attached hydrogens (tertiary/aromatic N) is 1. The normalized spacial score (nSPS) is 11.8. The SMILES string of the molecule is Cc1cc(C)c2cc(C(=O)OC(C)C(=O)Nc3cccc([N+](=O)[O-])c3)[nH]c2c1. The second-order valence-electron chi connectivity index (χ2n) is 6.57. The second-order valence-corrected chi connectivity index (χ2v) is 6.57. The average Bonchev–Trinajstić information content (AvgIpc) is 3.06. The number of esters is 1. The van der Waals surface area contributed by atoms with Crippen LogP contribution in [0.5, 0.6) is 0 Å². The zero-order valence-electron chi connectivity index (χ0n) is 15.6. The number of aromatic amines is 1. The summed E-state index contributed by atoms with van der Waals surface area (Å²) in [6.45, 7) is 5.35. The molecular weight excluding hydrogens is 362 g/mol. The molecule has 1 atom stereocenters. The van der Waals surface area contributed by atoms with Gasteiger partial charge in [0.15, 0.2) is 6.10 Å². The summed E-state index contributed by atoms with van der Waals surface area (Å²) in [6, 6.07) is 11.2. The summed E-state index contributed by atoms with van der Waals surface area (Å²) < 4.78 is 5.23. The van der Waals surface area contributed by atoms with Crippen LogP contribution in [0, 0.1) is 24.0 Å². The van der Waals surface area contributed by atoms with Gasteiger partial charge in [0.2, 0.25) is 0 Å². The number of ether oxygens (including phenoxy) is 1. The monoisotopic (exact) mass is 381 g/mol. The summed E-state index contributed by atoms with van der Waals surface area (Å²) >= 11 is 0. The Kier molecular flexibility index (Phi) is 5.12. The molecule has 0 aliphatic carbocycles. The molecule has 144 valence electrons. The molecule has 2 aromatic carbocycles. The van der Waals surface area contributed by atoms with Crippen LogP contribution < -0.4 is 5.32 Å². The molecule has 0 saturated carbocycles. The standard InChI is InChI=1S/C20H19N3O5/c1-11-7-12(2)16-10-18(22-17(16)8-11)20(25)28-13(3)19(24)21-14-5-4-6-15(9-14)23(26)27/h4-10,13,22H,1-3H3,(H,21,24). The Morgan fingerprint density at radius 3 is 2.64 bits per heavy atom. The lowest BCUT2D eigenvalue weighted by Crippen LogP contribution is -2.30. The fourth-order valence-electron chi connectivity index (χ4n) is 2.93. The minimum atomic E-state index is -1.08. The molecule has 1 heterocycles. The van der Waals surface area contributed by atoms with E-state index in [9.17, 15) is 19.7 Å². The first-order valence-electron chi connectivity index (χ1n) is 8.61. The molecule has 1 unspecified atom stereocenters. The summed E-state index contributed by atoms with van der Waals surface area (Å²) in [5.74, 6) is -1.24. The maximum Gasteiger partial charge on any atom is 0.355 e. The van der Waals surface area contributed by atoms with Gasteiger partial charge >= 0.3 is 5.97 Å². The molecular formula is C20H19N3O5. The van der Waals surface area contributed by atoms with Gasteiger partial charge in [0.1, 0.15) is 5.69 Å². The van der Waals surface area contributed by atoms with Crippen molar-refractivity contribution < 1.29 is 19.2 Å². The zero-order chi connectivity index (χ0) is 20.4. The number of non-ortho nitro benzene ring substituents is 1. The number of hydrogen-bond acceptors (Lipinski definition) is 5. The quantitative estimate of drug-likeness (QED) is 0.395. The number of nitrogens with one attached hydrogen (secondary N) is 2. The summed E-state index contributed by atoms with van der Waals surface area (Å²) in [5.41, 5.74) is 3.26. The van der Waals surface area contributed by atoms with Crippen molar-refractivity contribution in [2.24, 2.45) is 0 Å². The smallest absolute Gasteiger partial charge is 0.355 e. The highest BCUT2D eigenvalue weighted by Crippen LogP contribution is 2.22. The van der Waals surface area contributed by atoms with Crippen LogP contribution in [0.2, 0.25) is 0 Å². The summed E-state index contributed by atoms with van der Waals surface area (Å²) in [6.07, 6.45) is -1.08. The first kappa shape index (κ1) is 19.1. The Bertz CT molecular complexity index is 1090. The topological polar surface area (TPSA) is 114 Å². The largest absolute Gasteiger partial charge is 0.448 e. The van der Waals surface area contributed by atoms with E-state index in [-0.39, 0.29) is 17.1 Å². The Balaban J connectivity index is 1.70. The van der Waals surface area contributed by atoms with Gasteiger partial charge in [-0.1, -0.05) is 12.1 Å². The molecule has 3 rings (SSSR count). The summed E-state index contributed by atoms with van der Waals surface area (Å²) in [5, 5.41) is 14.2. The lowest BCUT2D eigenvalue weighted by Gasteiger charge is -2.13. The molecule has 2 N–H and O–H groups in total. The van der Waals surface area contributed by atoms with E-state index in [1.54, 1.807) is 6.07 Å². The number of carbonyl (C=O) groups excluding carboxylic acids is 2. The molecule has 0 radical (unpaired) electrons. The highest BCUT2D eigenvalue weighted by Gasteiger charge is 2.21. The number of carbonyl (C=O) groups is 2. The van der Waals surface area contributed by atoms with Crippen LogP contribution >= 0.6 is 0 Å². The van der Waals surface area contributed by atoms with Gasteiger partial charge in [-0.3, -0.25) is 14.9 Å². The molecule has 1 amide bonds. The zero-order valence-corrected chi connectivity index (χ0v) is 15.6. The first-order chi connectivity index (χ1) is 13.2. The van der Waals surface area contributed by atoms with Crippen molar-refractivity contribution in [3.8, 4) is 0 Å². The lowest BCUT2D eigenvalue weighted by atomic mass is 10.1. The van der Waals surface area contributed by atoms with Gasteiger partial charge < -0.3 is 15.0 Å². The van der Waals surface area contributed by atoms with Crippen LogP contribution in [-0.2, 0) is 9.53 Å². The van der Waals surface area contributed by atoms with E-state index < -0.39 is 22.9 Å². The number of H-pyrrole nitrogens is 1. The maximum absolute atomic E-state index is 12.4. The van der Waals surface area contributed by atoms with E-state index >= 15 is 0 Å². The van der Waals surface area contributed by atoms with Gasteiger partial charge in [0.05, 0.1) is 4.92 Å². The van der Waals surface area contributed by atoms with Crippen LogP contribution in [0.3, 0.4) is 0 Å². The predicted molar refractivity (Wildman–Crippen MR) is 104 cm³/mol. The number of rotatable bonds is 5. The van der Waals surface area contributed by atoms with E-state index in [0.717, 1.165) is 22.0 Å². The van der Waals surface area contributed by atoms with Crippen LogP contribution in [-0.4, -0.2) is 27.9 Å². The number of nitro groups is 1. The number of aryl methyl sites for hydroxylation is 2. The molecule has 0 saturated heterocycles. The lowest BCUT2D eigenvalue weighted by molar-refractivity contribution is -0.384. The van der Waals surface area contributed by atoms with Gasteiger partial charge in [-0.2, -0.15) is 0 Å². The van der Waals surface area contributed by atoms with Gasteiger partial charge in [0.25, 0.3) is 11.6 Å². The van der Waals surface area contributed by atoms with Crippen molar-refractivity contribution in [1.82, 2.24) is 4.98 Å². The molecule has 0 spiro atoms. The molecule has 0 fully saturated rings. The first-order valence-corrected chi connectivity index (χ1v) is 8.61. The number of fused-ring (bicyclic) bond motifs is 1. The third-order valence-electron chi connectivity index (χ3n) is 4.29. The Labute approximate surface area is 160 Å². The van der Waals surface area contributed by atoms with E-state index in [1.165, 1.54) is 31.2 Å². The van der Waals surface area contributed by atoms with Crippen LogP contribution in [0.1, 0.15) is 28.5 Å². The fourth-order valence-corrected chi connectivity index (χ4v) is 2.93. The number of hydrogen-bond donors (Lipinski definition) is 2. The summed E-state index contributed by atoms with van der Waals surface area (Å²) in [7, 11) is 0. The van der Waals surface area contributed by atoms with E-state index in [4.69, 9.17) is 4.74 Å². The number of nitro benzene ring substituents is 1. The molecule has 0 bridgehead atoms. The van der Waals surface area contributed by atoms with E-state index in [2.05, 4.69) is 10.3 Å². The van der Waals surface area contributed by atoms with Gasteiger partial charge in [-0.05, 0) is 50.1 Å². The highest BCUT2D eigenvalue weighted by molar-refractivity contribution is 5.99. The number of amides is 1. The van der Waals surface area contributed by atoms with Gasteiger partial charge in [0, 0.05) is 28.7 Å². The predicted octanol–water partition coefficient (Wildman–Crippen LogP) is 3.88. The molecule has 0 aliphatic heterocycles. The average molecular weight is 381 g/mol. The van der Waals surface area contributed by atoms with E-state index in [1.807, 2.05) is 26.0 Å². The van der Waals surface area contributed by atoms with Crippen molar-refractivity contribution in [3.05, 3.63) is 69.4 Å². The van der Waals surface area contributed by atoms with Crippen LogP contribution in [0.4, 0.5) is 11.4 Å². The van der Waals surface area contributed by atoms with Gasteiger partial charge in [-0.25, -0.2) is 4.79 Å². The highest BCUT2D eigenvalue weighted by atomic mass is 16.6. The minimum absolute atomic E-state index is 0.147. The van der Waals surface area contributed by atoms with Crippen molar-refractivity contribution in [1.29, 1.82) is 0 Å². The molecule has 1 aromatic heterocycles. The molecule has 28 heavy (non-hydrogen) atoms. The van der Waals surface area contributed by atoms with Crippen molar-refractivity contribution in [3.63, 3.8) is 0 Å². The fraction of sp³-hybridized carbons (Fsp3) is 0.200. The molecule has 0 aliphatic rings. The van der Waals surface area contributed by atoms with Crippen LogP contribution in [0.15, 0.2) is 42.5 Å². The van der Waals surface area contributed by atoms with Gasteiger partial charge in [-0.15, -0.1) is 0 Å². The molecule has 3 aromatic rings. The van der Waals surface area contributed by atoms with E-state index in [0.29, 0.717) is 0 Å². The number of aromatic nitrogens is 1.